The zero-order chi connectivity index (χ0) is 41.2. The number of rotatable bonds is 6. The number of phenols is 1. The van der Waals surface area contributed by atoms with Gasteiger partial charge in [-0.3, -0.25) is 24.6 Å². The summed E-state index contributed by atoms with van der Waals surface area (Å²) in [6.45, 7) is 7.50. The Bertz CT molecular complexity index is 2340. The number of hydrogen-bond donors (Lipinski definition) is 2. The lowest BCUT2D eigenvalue weighted by atomic mass is 9.69. The van der Waals surface area contributed by atoms with Crippen LogP contribution in [0.2, 0.25) is 0 Å². The molecule has 7 aliphatic rings. The second-order valence-electron chi connectivity index (χ2n) is 18.2. The Morgan fingerprint density at radius 1 is 0.787 bits per heavy atom. The predicted molar refractivity (Wildman–Crippen MR) is 229 cm³/mol. The number of fused-ring (bicyclic) bond motifs is 6. The van der Waals surface area contributed by atoms with Crippen molar-refractivity contribution < 1.29 is 33.7 Å². The molecule has 4 aromatic carbocycles. The third kappa shape index (κ3) is 7.02. The summed E-state index contributed by atoms with van der Waals surface area (Å²) in [5.41, 5.74) is 8.90. The Morgan fingerprint density at radius 2 is 1.59 bits per heavy atom. The van der Waals surface area contributed by atoms with Crippen molar-refractivity contribution in [1.29, 1.82) is 0 Å². The first-order chi connectivity index (χ1) is 29.8. The SMILES string of the molecule is O=C1CC[C@H](N2Cc3c(ccc4c3OCC3CN(CC5COC6(CCN(c7ccc([C@@H]8c9ccc(O)cc9CC[C@@H]8c8ccccc8)cc7)CC6)OC5)CCN43)C2=O)C(=O)N1. The van der Waals surface area contributed by atoms with Crippen molar-refractivity contribution in [2.24, 2.45) is 5.92 Å². The van der Waals surface area contributed by atoms with Gasteiger partial charge in [0.25, 0.3) is 5.91 Å². The monoisotopic (exact) mass is 823 g/mol. The van der Waals surface area contributed by atoms with Gasteiger partial charge in [0.05, 0.1) is 31.5 Å². The van der Waals surface area contributed by atoms with Gasteiger partial charge in [-0.2, -0.15) is 0 Å². The third-order valence-corrected chi connectivity index (χ3v) is 14.6. The predicted octanol–water partition coefficient (Wildman–Crippen LogP) is 5.56. The minimum Gasteiger partial charge on any atom is -0.508 e. The molecule has 61 heavy (non-hydrogen) atoms. The first kappa shape index (κ1) is 38.5. The van der Waals surface area contributed by atoms with E-state index in [1.54, 1.807) is 4.90 Å². The average Bonchev–Trinajstić information content (AvgIpc) is 3.63. The lowest BCUT2D eigenvalue weighted by Gasteiger charge is -2.48. The Hall–Kier alpha value is -5.43. The minimum atomic E-state index is -0.647. The van der Waals surface area contributed by atoms with Crippen molar-refractivity contribution in [2.75, 3.05) is 68.9 Å². The number of piperazine rings is 1. The zero-order valence-electron chi connectivity index (χ0n) is 34.5. The highest BCUT2D eigenvalue weighted by Crippen LogP contribution is 2.48. The number of hydrogen-bond acceptors (Lipinski definition) is 10. The molecule has 4 aromatic rings. The highest BCUT2D eigenvalue weighted by Gasteiger charge is 2.45. The van der Waals surface area contributed by atoms with Gasteiger partial charge in [-0.1, -0.05) is 48.5 Å². The molecule has 12 heteroatoms. The Balaban J connectivity index is 0.681. The van der Waals surface area contributed by atoms with Crippen molar-refractivity contribution in [3.8, 4) is 11.5 Å². The van der Waals surface area contributed by atoms with Crippen LogP contribution in [-0.2, 0) is 32.0 Å². The van der Waals surface area contributed by atoms with Gasteiger partial charge >= 0.3 is 0 Å². The average molecular weight is 824 g/mol. The summed E-state index contributed by atoms with van der Waals surface area (Å²) in [5.74, 6) is 0.590. The summed E-state index contributed by atoms with van der Waals surface area (Å²) in [6.07, 6.45) is 4.24. The number of piperidine rings is 2. The van der Waals surface area contributed by atoms with Gasteiger partial charge in [0.15, 0.2) is 5.79 Å². The Labute approximate surface area is 356 Å². The molecule has 0 aromatic heterocycles. The fourth-order valence-corrected chi connectivity index (χ4v) is 11.4. The quantitative estimate of drug-likeness (QED) is 0.239. The second kappa shape index (κ2) is 15.5. The summed E-state index contributed by atoms with van der Waals surface area (Å²) >= 11 is 0. The number of aromatic hydroxyl groups is 1. The fourth-order valence-electron chi connectivity index (χ4n) is 11.4. The summed E-state index contributed by atoms with van der Waals surface area (Å²) < 4.78 is 19.6. The molecule has 0 bridgehead atoms. The van der Waals surface area contributed by atoms with E-state index in [1.165, 1.54) is 27.9 Å². The van der Waals surface area contributed by atoms with Crippen molar-refractivity contribution >= 4 is 29.1 Å². The maximum Gasteiger partial charge on any atom is 0.255 e. The minimum absolute atomic E-state index is 0.180. The number of amides is 3. The number of carbonyl (C=O) groups excluding carboxylic acids is 3. The van der Waals surface area contributed by atoms with Gasteiger partial charge in [0.1, 0.15) is 24.1 Å². The molecule has 4 saturated heterocycles. The van der Waals surface area contributed by atoms with Crippen LogP contribution in [0.5, 0.6) is 11.5 Å². The normalized spacial score (nSPS) is 26.3. The number of anilines is 2. The van der Waals surface area contributed by atoms with E-state index in [9.17, 15) is 19.5 Å². The van der Waals surface area contributed by atoms with E-state index >= 15 is 0 Å². The van der Waals surface area contributed by atoms with Gasteiger partial charge < -0.3 is 34.0 Å². The molecule has 1 aliphatic carbocycles. The summed E-state index contributed by atoms with van der Waals surface area (Å²) in [4.78, 5) is 46.7. The molecule has 6 heterocycles. The molecule has 4 fully saturated rings. The summed E-state index contributed by atoms with van der Waals surface area (Å²) in [7, 11) is 0. The first-order valence-electron chi connectivity index (χ1n) is 22.2. The topological polar surface area (TPSA) is 124 Å². The zero-order valence-corrected chi connectivity index (χ0v) is 34.5. The number of ether oxygens (including phenoxy) is 3. The number of carbonyl (C=O) groups is 3. The molecular formula is C49H53N5O7. The van der Waals surface area contributed by atoms with Crippen LogP contribution in [-0.4, -0.2) is 110 Å². The number of phenolic OH excluding ortho intramolecular Hbond substituents is 1. The highest BCUT2D eigenvalue weighted by molar-refractivity contribution is 6.06. The highest BCUT2D eigenvalue weighted by atomic mass is 16.7. The lowest BCUT2D eigenvalue weighted by molar-refractivity contribution is -0.291. The second-order valence-corrected chi connectivity index (χ2v) is 18.2. The number of nitrogens with zero attached hydrogens (tertiary/aromatic N) is 4. The molecule has 11 rings (SSSR count). The van der Waals surface area contributed by atoms with E-state index in [0.29, 0.717) is 55.9 Å². The lowest BCUT2D eigenvalue weighted by Crippen LogP contribution is -2.59. The van der Waals surface area contributed by atoms with Crippen molar-refractivity contribution in [3.05, 3.63) is 118 Å². The molecule has 1 spiro atoms. The third-order valence-electron chi connectivity index (χ3n) is 14.6. The maximum absolute atomic E-state index is 13.4. The van der Waals surface area contributed by atoms with Crippen LogP contribution in [0.3, 0.4) is 0 Å². The fraction of sp³-hybridized carbons (Fsp3) is 0.449. The van der Waals surface area contributed by atoms with E-state index in [1.807, 2.05) is 24.3 Å². The molecule has 0 radical (unpaired) electrons. The first-order valence-corrected chi connectivity index (χ1v) is 22.2. The van der Waals surface area contributed by atoms with E-state index in [0.717, 1.165) is 82.0 Å². The molecule has 316 valence electrons. The van der Waals surface area contributed by atoms with E-state index in [-0.39, 0.29) is 30.2 Å². The van der Waals surface area contributed by atoms with E-state index < -0.39 is 17.7 Å². The van der Waals surface area contributed by atoms with Gasteiger partial charge in [-0.05, 0) is 83.8 Å². The summed E-state index contributed by atoms with van der Waals surface area (Å²) in [6, 6.07) is 29.4. The van der Waals surface area contributed by atoms with Crippen LogP contribution in [0.25, 0.3) is 0 Å². The van der Waals surface area contributed by atoms with Crippen LogP contribution >= 0.6 is 0 Å². The molecule has 0 saturated carbocycles. The number of aryl methyl sites for hydroxylation is 1. The van der Waals surface area contributed by atoms with Gasteiger partial charge in [0, 0.05) is 87.2 Å². The Kier molecular flexibility index (Phi) is 9.77. The molecule has 12 nitrogen and oxygen atoms in total. The molecule has 3 amide bonds. The number of nitrogens with one attached hydrogen (secondary N) is 1. The van der Waals surface area contributed by atoms with E-state index in [4.69, 9.17) is 14.2 Å². The molecular weight excluding hydrogens is 771 g/mol. The van der Waals surface area contributed by atoms with E-state index in [2.05, 4.69) is 80.7 Å². The van der Waals surface area contributed by atoms with Gasteiger partial charge in [0.2, 0.25) is 11.8 Å². The Morgan fingerprint density at radius 3 is 2.38 bits per heavy atom. The van der Waals surface area contributed by atoms with Crippen molar-refractivity contribution in [2.45, 2.75) is 74.8 Å². The number of imide groups is 1. The molecule has 4 atom stereocenters. The number of benzene rings is 4. The molecule has 1 unspecified atom stereocenters. The molecule has 6 aliphatic heterocycles. The smallest absolute Gasteiger partial charge is 0.255 e. The van der Waals surface area contributed by atoms with Crippen LogP contribution < -0.4 is 19.9 Å². The summed E-state index contributed by atoms with van der Waals surface area (Å²) in [5, 5.41) is 12.6. The van der Waals surface area contributed by atoms with Crippen LogP contribution in [0.15, 0.2) is 84.9 Å². The van der Waals surface area contributed by atoms with Crippen LogP contribution in [0.1, 0.15) is 82.1 Å². The van der Waals surface area contributed by atoms with Crippen molar-refractivity contribution in [3.63, 3.8) is 0 Å². The van der Waals surface area contributed by atoms with Crippen molar-refractivity contribution in [1.82, 2.24) is 15.1 Å². The standard InChI is InChI=1S/C49H53N5O7/c55-37-11-13-39-34(24-37)8-12-38(32-4-2-1-3-5-32)45(39)33-6-9-35(10-7-33)52-20-18-49(19-21-52)60-28-31(29-61-49)25-51-22-23-53-36(26-51)30-59-46-41-27-54(43-16-17-44(56)50-47(43)57)48(58)40(41)14-15-42(46)53/h1-7,9-11,13-15,24,31,36,38,43,45,55H,8,12,16-23,25-30H2,(H,50,56,57)/t36?,38-,43+,45+/m1/s1. The van der Waals surface area contributed by atoms with Gasteiger partial charge in [-0.15, -0.1) is 0 Å². The maximum atomic E-state index is 13.4. The van der Waals surface area contributed by atoms with Crippen LogP contribution in [0.4, 0.5) is 11.4 Å². The van der Waals surface area contributed by atoms with Crippen LogP contribution in [0, 0.1) is 5.92 Å². The largest absolute Gasteiger partial charge is 0.508 e. The van der Waals surface area contributed by atoms with Gasteiger partial charge in [-0.25, -0.2) is 0 Å². The molecule has 2 N–H and O–H groups in total.